The number of nitrogens with zero attached hydrogens (tertiary/aromatic N) is 1. The minimum atomic E-state index is -4.26. The summed E-state index contributed by atoms with van der Waals surface area (Å²) in [5, 5.41) is -0.412. The second-order valence-electron chi connectivity index (χ2n) is 6.37. The molecule has 30 heavy (non-hydrogen) atoms. The first kappa shape index (κ1) is 20.7. The maximum atomic E-state index is 13.9. The van der Waals surface area contributed by atoms with E-state index < -0.39 is 27.3 Å². The Labute approximate surface area is 179 Å². The van der Waals surface area contributed by atoms with Gasteiger partial charge in [-0.25, -0.2) is 21.6 Å². The molecule has 1 heterocycles. The van der Waals surface area contributed by atoms with Gasteiger partial charge in [0.15, 0.2) is 0 Å². The quantitative estimate of drug-likeness (QED) is 0.325. The summed E-state index contributed by atoms with van der Waals surface area (Å²) in [6.07, 6.45) is 1.04. The highest BCUT2D eigenvalue weighted by Gasteiger charge is 2.26. The molecule has 0 fully saturated rings. The molecule has 0 amide bonds. The Morgan fingerprint density at radius 2 is 1.57 bits per heavy atom. The summed E-state index contributed by atoms with van der Waals surface area (Å²) in [4.78, 5) is 3.48. The topological polar surface area (TPSA) is 47.0 Å². The molecule has 4 rings (SSSR count). The van der Waals surface area contributed by atoms with E-state index in [1.807, 2.05) is 0 Å². The van der Waals surface area contributed by atoms with Crippen LogP contribution in [0.4, 0.5) is 13.2 Å². The third kappa shape index (κ3) is 3.53. The minimum Gasteiger partial charge on any atom is -0.255 e. The average molecular weight is 468 g/mol. The average Bonchev–Trinajstić information content (AvgIpc) is 2.70. The van der Waals surface area contributed by atoms with Gasteiger partial charge < -0.3 is 0 Å². The van der Waals surface area contributed by atoms with Crippen LogP contribution in [0.25, 0.3) is 22.0 Å². The van der Waals surface area contributed by atoms with Gasteiger partial charge >= 0.3 is 0 Å². The molecule has 1 aromatic heterocycles. The first-order valence-corrected chi connectivity index (χ1v) is 10.7. The highest BCUT2D eigenvalue weighted by atomic mass is 35.5. The molecule has 4 aromatic rings. The standard InChI is InChI=1S/C21H10Cl2F3NO2S/c22-15-7-13(4-5-17(15)25)30(28,29)20-10-27-19-9-18(26)16(23)8-14(19)21(20)11-2-1-3-12(24)6-11/h1-10H. The molecular formula is C21H10Cl2F3NO2S. The van der Waals surface area contributed by atoms with Crippen molar-refractivity contribution < 1.29 is 21.6 Å². The highest BCUT2D eigenvalue weighted by molar-refractivity contribution is 7.91. The zero-order chi connectivity index (χ0) is 21.6. The number of rotatable bonds is 3. The molecule has 0 unspecified atom stereocenters. The Balaban J connectivity index is 2.10. The Kier molecular flexibility index (Phi) is 5.22. The summed E-state index contributed by atoms with van der Waals surface area (Å²) in [6, 6.07) is 10.5. The van der Waals surface area contributed by atoms with Crippen molar-refractivity contribution in [2.45, 2.75) is 9.79 Å². The first-order chi connectivity index (χ1) is 14.2. The monoisotopic (exact) mass is 467 g/mol. The predicted octanol–water partition coefficient (Wildman–Crippen LogP) is 6.46. The molecule has 0 aliphatic carbocycles. The molecule has 0 spiro atoms. The number of sulfone groups is 1. The van der Waals surface area contributed by atoms with E-state index in [4.69, 9.17) is 23.2 Å². The van der Waals surface area contributed by atoms with Crippen molar-refractivity contribution in [1.82, 2.24) is 4.98 Å². The highest BCUT2D eigenvalue weighted by Crippen LogP contribution is 2.38. The molecule has 3 nitrogen and oxygen atoms in total. The van der Waals surface area contributed by atoms with E-state index in [0.29, 0.717) is 0 Å². The number of hydrogen-bond acceptors (Lipinski definition) is 3. The van der Waals surface area contributed by atoms with Gasteiger partial charge in [-0.05, 0) is 42.0 Å². The molecule has 0 radical (unpaired) electrons. The normalized spacial score (nSPS) is 11.8. The Morgan fingerprint density at radius 1 is 0.833 bits per heavy atom. The van der Waals surface area contributed by atoms with E-state index in [-0.39, 0.29) is 41.9 Å². The summed E-state index contributed by atoms with van der Waals surface area (Å²) in [7, 11) is -4.26. The minimum absolute atomic E-state index is 0.0850. The van der Waals surface area contributed by atoms with Gasteiger partial charge in [0.2, 0.25) is 9.84 Å². The summed E-state index contributed by atoms with van der Waals surface area (Å²) >= 11 is 11.7. The van der Waals surface area contributed by atoms with Crippen LogP contribution in [0.1, 0.15) is 0 Å². The van der Waals surface area contributed by atoms with Crippen molar-refractivity contribution in [2.24, 2.45) is 0 Å². The van der Waals surface area contributed by atoms with Crippen LogP contribution in [0, 0.1) is 17.5 Å². The summed E-state index contributed by atoms with van der Waals surface area (Å²) in [5.41, 5.74) is 0.436. The fourth-order valence-electron chi connectivity index (χ4n) is 3.09. The van der Waals surface area contributed by atoms with Crippen molar-refractivity contribution >= 4 is 43.9 Å². The molecular weight excluding hydrogens is 458 g/mol. The SMILES string of the molecule is O=S(=O)(c1ccc(F)c(Cl)c1)c1cnc2cc(F)c(Cl)cc2c1-c1cccc(F)c1. The first-order valence-electron chi connectivity index (χ1n) is 8.42. The molecule has 0 aliphatic heterocycles. The molecule has 0 aliphatic rings. The lowest BCUT2D eigenvalue weighted by Gasteiger charge is -2.14. The summed E-state index contributed by atoms with van der Waals surface area (Å²) < 4.78 is 68.1. The molecule has 152 valence electrons. The van der Waals surface area contributed by atoms with Gasteiger partial charge in [0, 0.05) is 23.2 Å². The van der Waals surface area contributed by atoms with E-state index in [0.717, 1.165) is 36.5 Å². The van der Waals surface area contributed by atoms with Crippen molar-refractivity contribution in [3.8, 4) is 11.1 Å². The summed E-state index contributed by atoms with van der Waals surface area (Å²) in [5.74, 6) is -2.11. The number of hydrogen-bond donors (Lipinski definition) is 0. The number of benzene rings is 3. The molecule has 0 saturated heterocycles. The number of pyridine rings is 1. The predicted molar refractivity (Wildman–Crippen MR) is 109 cm³/mol. The molecule has 3 aromatic carbocycles. The lowest BCUT2D eigenvalue weighted by Crippen LogP contribution is -2.06. The lowest BCUT2D eigenvalue weighted by molar-refractivity contribution is 0.594. The molecule has 0 saturated carbocycles. The second kappa shape index (κ2) is 7.58. The van der Waals surface area contributed by atoms with E-state index in [9.17, 15) is 21.6 Å². The van der Waals surface area contributed by atoms with Gasteiger partial charge in [-0.15, -0.1) is 0 Å². The Morgan fingerprint density at radius 3 is 2.27 bits per heavy atom. The number of fused-ring (bicyclic) bond motifs is 1. The van der Waals surface area contributed by atoms with Gasteiger partial charge in [0.1, 0.15) is 17.5 Å². The van der Waals surface area contributed by atoms with Crippen LogP contribution < -0.4 is 0 Å². The van der Waals surface area contributed by atoms with Gasteiger partial charge in [0.25, 0.3) is 0 Å². The second-order valence-corrected chi connectivity index (χ2v) is 9.10. The third-order valence-electron chi connectivity index (χ3n) is 4.48. The third-order valence-corrected chi connectivity index (χ3v) is 6.82. The van der Waals surface area contributed by atoms with Crippen LogP contribution in [0.2, 0.25) is 10.0 Å². The molecule has 0 bridgehead atoms. The Hall–Kier alpha value is -2.61. The zero-order valence-corrected chi connectivity index (χ0v) is 17.2. The van der Waals surface area contributed by atoms with E-state index in [1.165, 1.54) is 24.3 Å². The fraction of sp³-hybridized carbons (Fsp3) is 0. The maximum Gasteiger partial charge on any atom is 0.208 e. The lowest BCUT2D eigenvalue weighted by atomic mass is 10.0. The molecule has 0 N–H and O–H groups in total. The van der Waals surface area contributed by atoms with Crippen LogP contribution in [0.5, 0.6) is 0 Å². The van der Waals surface area contributed by atoms with Gasteiger partial charge in [-0.2, -0.15) is 0 Å². The van der Waals surface area contributed by atoms with Crippen LogP contribution in [-0.4, -0.2) is 13.4 Å². The number of halogens is 5. The van der Waals surface area contributed by atoms with Crippen LogP contribution in [0.3, 0.4) is 0 Å². The van der Waals surface area contributed by atoms with E-state index in [1.54, 1.807) is 0 Å². The van der Waals surface area contributed by atoms with Gasteiger partial charge in [-0.1, -0.05) is 35.3 Å². The van der Waals surface area contributed by atoms with Crippen LogP contribution >= 0.6 is 23.2 Å². The van der Waals surface area contributed by atoms with E-state index in [2.05, 4.69) is 4.98 Å². The number of aromatic nitrogens is 1. The molecule has 9 heteroatoms. The van der Waals surface area contributed by atoms with Crippen molar-refractivity contribution in [2.75, 3.05) is 0 Å². The largest absolute Gasteiger partial charge is 0.255 e. The molecule has 0 atom stereocenters. The summed E-state index contributed by atoms with van der Waals surface area (Å²) in [6.45, 7) is 0. The van der Waals surface area contributed by atoms with E-state index >= 15 is 0 Å². The van der Waals surface area contributed by atoms with Crippen LogP contribution in [0.15, 0.2) is 70.6 Å². The van der Waals surface area contributed by atoms with Crippen LogP contribution in [-0.2, 0) is 9.84 Å². The Bertz CT molecular complexity index is 1430. The van der Waals surface area contributed by atoms with Crippen molar-refractivity contribution in [3.63, 3.8) is 0 Å². The van der Waals surface area contributed by atoms with Gasteiger partial charge in [0.05, 0.1) is 25.4 Å². The maximum absolute atomic E-state index is 13.9. The van der Waals surface area contributed by atoms with Crippen molar-refractivity contribution in [1.29, 1.82) is 0 Å². The fourth-order valence-corrected chi connectivity index (χ4v) is 4.96. The van der Waals surface area contributed by atoms with Crippen molar-refractivity contribution in [3.05, 3.63) is 88.3 Å². The zero-order valence-electron chi connectivity index (χ0n) is 14.8. The van der Waals surface area contributed by atoms with Gasteiger partial charge in [-0.3, -0.25) is 4.98 Å². The smallest absolute Gasteiger partial charge is 0.208 e.